The molecule has 0 saturated heterocycles. The molecule has 0 bridgehead atoms. The van der Waals surface area contributed by atoms with Crippen molar-refractivity contribution >= 4 is 6.08 Å². The summed E-state index contributed by atoms with van der Waals surface area (Å²) in [5.41, 5.74) is 1.23. The molecule has 0 spiro atoms. The van der Waals surface area contributed by atoms with Crippen LogP contribution in [0.4, 0.5) is 0 Å². The van der Waals surface area contributed by atoms with E-state index in [1.807, 2.05) is 24.5 Å². The largest absolute Gasteiger partial charge is 0.265 e. The summed E-state index contributed by atoms with van der Waals surface area (Å²) >= 11 is 0. The third-order valence-corrected chi connectivity index (χ3v) is 1.62. The third-order valence-electron chi connectivity index (χ3n) is 1.62. The smallest absolute Gasteiger partial charge is 0.0273 e. The van der Waals surface area contributed by atoms with Crippen LogP contribution in [0.15, 0.2) is 30.6 Å². The van der Waals surface area contributed by atoms with Crippen molar-refractivity contribution in [2.24, 2.45) is 5.92 Å². The summed E-state index contributed by atoms with van der Waals surface area (Å²) in [5.74, 6) is 0.739. The van der Waals surface area contributed by atoms with E-state index in [2.05, 4.69) is 31.0 Å². The van der Waals surface area contributed by atoms with Crippen LogP contribution in [0.3, 0.4) is 0 Å². The topological polar surface area (TPSA) is 12.9 Å². The Morgan fingerprint density at radius 2 is 2.00 bits per heavy atom. The minimum Gasteiger partial charge on any atom is -0.265 e. The monoisotopic (exact) mass is 161 g/mol. The number of nitrogens with zero attached hydrogens (tertiary/aromatic N) is 1. The first-order valence-electron chi connectivity index (χ1n) is 4.35. The normalized spacial score (nSPS) is 11.2. The van der Waals surface area contributed by atoms with E-state index in [-0.39, 0.29) is 0 Å². The molecule has 1 rings (SSSR count). The second-order valence-electron chi connectivity index (χ2n) is 3.31. The SMILES string of the molecule is CC(C)C/C=C/c1ccncc1. The van der Waals surface area contributed by atoms with E-state index in [9.17, 15) is 0 Å². The van der Waals surface area contributed by atoms with Gasteiger partial charge in [0.2, 0.25) is 0 Å². The molecule has 1 aromatic rings. The van der Waals surface area contributed by atoms with Gasteiger partial charge in [0.05, 0.1) is 0 Å². The maximum Gasteiger partial charge on any atom is 0.0273 e. The maximum absolute atomic E-state index is 3.95. The molecule has 0 aliphatic heterocycles. The maximum atomic E-state index is 3.95. The first kappa shape index (κ1) is 8.98. The molecule has 1 aromatic heterocycles. The van der Waals surface area contributed by atoms with Gasteiger partial charge >= 0.3 is 0 Å². The van der Waals surface area contributed by atoms with E-state index < -0.39 is 0 Å². The molecule has 12 heavy (non-hydrogen) atoms. The Hall–Kier alpha value is -1.11. The van der Waals surface area contributed by atoms with Crippen LogP contribution in [0.5, 0.6) is 0 Å². The zero-order valence-corrected chi connectivity index (χ0v) is 7.70. The Labute approximate surface area is 74.2 Å². The van der Waals surface area contributed by atoms with Gasteiger partial charge in [-0.15, -0.1) is 0 Å². The Morgan fingerprint density at radius 1 is 1.33 bits per heavy atom. The lowest BCUT2D eigenvalue weighted by Crippen LogP contribution is -1.81. The highest BCUT2D eigenvalue weighted by Gasteiger charge is 1.87. The van der Waals surface area contributed by atoms with Crippen LogP contribution in [-0.2, 0) is 0 Å². The van der Waals surface area contributed by atoms with Crippen molar-refractivity contribution in [2.45, 2.75) is 20.3 Å². The molecule has 0 amide bonds. The molecular formula is C11H15N. The Kier molecular flexibility index (Phi) is 3.52. The van der Waals surface area contributed by atoms with Gasteiger partial charge in [0.1, 0.15) is 0 Å². The number of allylic oxidation sites excluding steroid dienone is 1. The van der Waals surface area contributed by atoms with Crippen molar-refractivity contribution in [1.82, 2.24) is 4.98 Å². The van der Waals surface area contributed by atoms with Gasteiger partial charge in [-0.25, -0.2) is 0 Å². The van der Waals surface area contributed by atoms with E-state index in [4.69, 9.17) is 0 Å². The summed E-state index contributed by atoms with van der Waals surface area (Å²) in [6.45, 7) is 4.44. The summed E-state index contributed by atoms with van der Waals surface area (Å²) in [6, 6.07) is 4.02. The molecule has 0 radical (unpaired) electrons. The molecule has 1 heterocycles. The molecule has 64 valence electrons. The van der Waals surface area contributed by atoms with E-state index in [1.165, 1.54) is 5.56 Å². The first-order chi connectivity index (χ1) is 5.79. The molecule has 0 aliphatic rings. The van der Waals surface area contributed by atoms with Crippen LogP contribution in [0, 0.1) is 5.92 Å². The summed E-state index contributed by atoms with van der Waals surface area (Å²) in [7, 11) is 0. The summed E-state index contributed by atoms with van der Waals surface area (Å²) in [5, 5.41) is 0. The molecule has 0 aliphatic carbocycles. The van der Waals surface area contributed by atoms with Crippen LogP contribution in [0.2, 0.25) is 0 Å². The van der Waals surface area contributed by atoms with Crippen molar-refractivity contribution in [3.63, 3.8) is 0 Å². The molecule has 0 saturated carbocycles. The van der Waals surface area contributed by atoms with Gasteiger partial charge < -0.3 is 0 Å². The fourth-order valence-electron chi connectivity index (χ4n) is 0.951. The van der Waals surface area contributed by atoms with E-state index in [0.717, 1.165) is 12.3 Å². The minimum atomic E-state index is 0.739. The lowest BCUT2D eigenvalue weighted by molar-refractivity contribution is 0.665. The van der Waals surface area contributed by atoms with E-state index in [0.29, 0.717) is 0 Å². The Bertz CT molecular complexity index is 236. The van der Waals surface area contributed by atoms with Crippen molar-refractivity contribution in [1.29, 1.82) is 0 Å². The van der Waals surface area contributed by atoms with Gasteiger partial charge in [-0.1, -0.05) is 26.0 Å². The highest BCUT2D eigenvalue weighted by molar-refractivity contribution is 5.47. The number of rotatable bonds is 3. The van der Waals surface area contributed by atoms with Crippen LogP contribution in [0.25, 0.3) is 6.08 Å². The Balaban J connectivity index is 2.47. The minimum absolute atomic E-state index is 0.739. The van der Waals surface area contributed by atoms with Gasteiger partial charge in [-0.2, -0.15) is 0 Å². The summed E-state index contributed by atoms with van der Waals surface area (Å²) in [6.07, 6.45) is 9.12. The fourth-order valence-corrected chi connectivity index (χ4v) is 0.951. The molecule has 0 unspecified atom stereocenters. The van der Waals surface area contributed by atoms with Crippen LogP contribution in [0.1, 0.15) is 25.8 Å². The molecule has 0 atom stereocenters. The van der Waals surface area contributed by atoms with E-state index >= 15 is 0 Å². The number of pyridine rings is 1. The van der Waals surface area contributed by atoms with Gasteiger partial charge in [-0.05, 0) is 30.0 Å². The highest BCUT2D eigenvalue weighted by Crippen LogP contribution is 2.04. The molecular weight excluding hydrogens is 146 g/mol. The van der Waals surface area contributed by atoms with E-state index in [1.54, 1.807) is 0 Å². The van der Waals surface area contributed by atoms with Crippen LogP contribution >= 0.6 is 0 Å². The average Bonchev–Trinajstić information content (AvgIpc) is 2.05. The lowest BCUT2D eigenvalue weighted by Gasteiger charge is -1.96. The van der Waals surface area contributed by atoms with Crippen LogP contribution in [-0.4, -0.2) is 4.98 Å². The Morgan fingerprint density at radius 3 is 2.58 bits per heavy atom. The molecule has 1 heteroatoms. The van der Waals surface area contributed by atoms with Crippen molar-refractivity contribution < 1.29 is 0 Å². The molecule has 1 nitrogen and oxygen atoms in total. The van der Waals surface area contributed by atoms with Gasteiger partial charge in [0.15, 0.2) is 0 Å². The molecule has 0 fully saturated rings. The molecule has 0 N–H and O–H groups in total. The number of aromatic nitrogens is 1. The second-order valence-corrected chi connectivity index (χ2v) is 3.31. The van der Waals surface area contributed by atoms with Crippen molar-refractivity contribution in [3.05, 3.63) is 36.2 Å². The van der Waals surface area contributed by atoms with Gasteiger partial charge in [-0.3, -0.25) is 4.98 Å². The summed E-state index contributed by atoms with van der Waals surface area (Å²) < 4.78 is 0. The molecule has 0 aromatic carbocycles. The predicted octanol–water partition coefficient (Wildman–Crippen LogP) is 3.14. The quantitative estimate of drug-likeness (QED) is 0.663. The average molecular weight is 161 g/mol. The summed E-state index contributed by atoms with van der Waals surface area (Å²) in [4.78, 5) is 3.95. The third kappa shape index (κ3) is 3.33. The lowest BCUT2D eigenvalue weighted by atomic mass is 10.1. The zero-order valence-electron chi connectivity index (χ0n) is 7.70. The zero-order chi connectivity index (χ0) is 8.81. The van der Waals surface area contributed by atoms with Crippen molar-refractivity contribution in [3.8, 4) is 0 Å². The number of hydrogen-bond donors (Lipinski definition) is 0. The fraction of sp³-hybridized carbons (Fsp3) is 0.364. The van der Waals surface area contributed by atoms with Crippen molar-refractivity contribution in [2.75, 3.05) is 0 Å². The van der Waals surface area contributed by atoms with Crippen LogP contribution < -0.4 is 0 Å². The second kappa shape index (κ2) is 4.70. The van der Waals surface area contributed by atoms with Gasteiger partial charge in [0, 0.05) is 12.4 Å². The first-order valence-corrected chi connectivity index (χ1v) is 4.35. The predicted molar refractivity (Wildman–Crippen MR) is 52.7 cm³/mol. The number of hydrogen-bond acceptors (Lipinski definition) is 1. The standard InChI is InChI=1S/C11H15N/c1-10(2)4-3-5-11-6-8-12-9-7-11/h3,5-10H,4H2,1-2H3/b5-3+. The highest BCUT2D eigenvalue weighted by atomic mass is 14.6. The van der Waals surface area contributed by atoms with Gasteiger partial charge in [0.25, 0.3) is 0 Å².